The van der Waals surface area contributed by atoms with E-state index in [-0.39, 0.29) is 5.41 Å². The molecular weight excluding hydrogens is 298 g/mol. The molecule has 5 heteroatoms. The Labute approximate surface area is 134 Å². The van der Waals surface area contributed by atoms with Crippen molar-refractivity contribution in [2.45, 2.75) is 24.2 Å². The van der Waals surface area contributed by atoms with E-state index in [0.717, 1.165) is 31.3 Å². The van der Waals surface area contributed by atoms with Gasteiger partial charge in [-0.15, -0.1) is 0 Å². The summed E-state index contributed by atoms with van der Waals surface area (Å²) in [5.74, 6) is 1.45. The van der Waals surface area contributed by atoms with Gasteiger partial charge in [0, 0.05) is 29.6 Å². The number of halogens is 1. The maximum Gasteiger partial charge on any atom is 0.133 e. The van der Waals surface area contributed by atoms with E-state index in [2.05, 4.69) is 28.1 Å². The van der Waals surface area contributed by atoms with Gasteiger partial charge in [-0.3, -0.25) is 0 Å². The largest absolute Gasteiger partial charge is 0.380 e. The summed E-state index contributed by atoms with van der Waals surface area (Å²) in [5, 5.41) is 0.546. The van der Waals surface area contributed by atoms with E-state index >= 15 is 0 Å². The molecule has 0 atom stereocenters. The Morgan fingerprint density at radius 3 is 2.86 bits per heavy atom. The third-order valence-corrected chi connectivity index (χ3v) is 5.32. The molecule has 2 aromatic rings. The van der Waals surface area contributed by atoms with E-state index < -0.39 is 0 Å². The third-order valence-electron chi connectivity index (χ3n) is 5.11. The van der Waals surface area contributed by atoms with Crippen molar-refractivity contribution in [3.05, 3.63) is 46.9 Å². The highest BCUT2D eigenvalue weighted by molar-refractivity contribution is 6.29. The number of pyridine rings is 2. The minimum absolute atomic E-state index is 0.282. The molecule has 1 saturated carbocycles. The van der Waals surface area contributed by atoms with Crippen LogP contribution in [0.15, 0.2) is 30.5 Å². The van der Waals surface area contributed by atoms with Crippen molar-refractivity contribution in [2.75, 3.05) is 24.7 Å². The molecule has 0 unspecified atom stereocenters. The minimum atomic E-state index is 0.282. The van der Waals surface area contributed by atoms with Crippen molar-refractivity contribution in [2.24, 2.45) is 0 Å². The highest BCUT2D eigenvalue weighted by Gasteiger charge is 2.52. The van der Waals surface area contributed by atoms with Crippen molar-refractivity contribution in [1.29, 1.82) is 0 Å². The van der Waals surface area contributed by atoms with Crippen LogP contribution < -0.4 is 4.90 Å². The molecule has 2 aliphatic heterocycles. The summed E-state index contributed by atoms with van der Waals surface area (Å²) in [6.45, 7) is 2.56. The van der Waals surface area contributed by atoms with Gasteiger partial charge in [-0.2, -0.15) is 0 Å². The molecule has 3 aliphatic rings. The summed E-state index contributed by atoms with van der Waals surface area (Å²) in [5.41, 5.74) is 3.91. The molecule has 22 heavy (non-hydrogen) atoms. The monoisotopic (exact) mass is 313 g/mol. The molecule has 1 saturated heterocycles. The van der Waals surface area contributed by atoms with Crippen LogP contribution in [-0.2, 0) is 10.2 Å². The lowest BCUT2D eigenvalue weighted by atomic mass is 10.0. The Morgan fingerprint density at radius 1 is 1.27 bits per heavy atom. The molecule has 2 aromatic heterocycles. The maximum absolute atomic E-state index is 6.13. The van der Waals surface area contributed by atoms with Crippen LogP contribution in [0.2, 0.25) is 5.15 Å². The summed E-state index contributed by atoms with van der Waals surface area (Å²) >= 11 is 6.13. The first-order valence-electron chi connectivity index (χ1n) is 7.73. The minimum Gasteiger partial charge on any atom is -0.380 e. The molecule has 0 radical (unpaired) electrons. The second-order valence-electron chi connectivity index (χ2n) is 6.55. The van der Waals surface area contributed by atoms with Gasteiger partial charge in [0.15, 0.2) is 0 Å². The first-order valence-corrected chi connectivity index (χ1v) is 8.11. The number of nitrogens with zero attached hydrogens (tertiary/aromatic N) is 3. The number of ether oxygens (including phenoxy) is 1. The lowest BCUT2D eigenvalue weighted by Gasteiger charge is -2.27. The van der Waals surface area contributed by atoms with Crippen LogP contribution >= 0.6 is 11.6 Å². The van der Waals surface area contributed by atoms with Crippen LogP contribution in [0, 0.1) is 0 Å². The van der Waals surface area contributed by atoms with Gasteiger partial charge in [0.25, 0.3) is 0 Å². The molecule has 0 aromatic carbocycles. The number of fused-ring (bicyclic) bond motifs is 2. The molecular formula is C17H16ClN3O. The number of hydrogen-bond acceptors (Lipinski definition) is 4. The summed E-state index contributed by atoms with van der Waals surface area (Å²) in [4.78, 5) is 11.5. The van der Waals surface area contributed by atoms with Crippen LogP contribution in [0.4, 0.5) is 11.5 Å². The van der Waals surface area contributed by atoms with Gasteiger partial charge >= 0.3 is 0 Å². The Hall–Kier alpha value is -1.65. The quantitative estimate of drug-likeness (QED) is 0.796. The standard InChI is InChI=1S/C17H16ClN3O/c18-15-6-14-12(7-19-15)17(4-5-17)10-21(14)16-3-1-2-13(20-16)11-8-22-9-11/h1-3,6-7,11H,4-5,8-10H2. The fraction of sp³-hybridized carbons (Fsp3) is 0.412. The Bertz CT molecular complexity index is 755. The molecule has 1 aliphatic carbocycles. The Balaban J connectivity index is 1.58. The van der Waals surface area contributed by atoms with Crippen LogP contribution in [0.25, 0.3) is 0 Å². The van der Waals surface area contributed by atoms with Crippen molar-refractivity contribution in [3.8, 4) is 0 Å². The fourth-order valence-corrected chi connectivity index (χ4v) is 3.68. The highest BCUT2D eigenvalue weighted by Crippen LogP contribution is 2.57. The van der Waals surface area contributed by atoms with Gasteiger partial charge in [-0.05, 0) is 31.0 Å². The van der Waals surface area contributed by atoms with Gasteiger partial charge in [0.1, 0.15) is 11.0 Å². The fourth-order valence-electron chi connectivity index (χ4n) is 3.53. The van der Waals surface area contributed by atoms with Gasteiger partial charge < -0.3 is 9.64 Å². The number of aromatic nitrogens is 2. The van der Waals surface area contributed by atoms with Crippen molar-refractivity contribution in [3.63, 3.8) is 0 Å². The maximum atomic E-state index is 6.13. The van der Waals surface area contributed by atoms with Crippen LogP contribution in [0.1, 0.15) is 30.0 Å². The summed E-state index contributed by atoms with van der Waals surface area (Å²) in [7, 11) is 0. The average molecular weight is 314 g/mol. The SMILES string of the molecule is Clc1cc2c(cn1)C1(CC1)CN2c1cccc(C2COC2)n1. The molecule has 0 amide bonds. The Morgan fingerprint density at radius 2 is 2.14 bits per heavy atom. The molecule has 5 rings (SSSR count). The topological polar surface area (TPSA) is 38.2 Å². The third kappa shape index (κ3) is 1.80. The Kier molecular flexibility index (Phi) is 2.59. The zero-order valence-corrected chi connectivity index (χ0v) is 12.9. The van der Waals surface area contributed by atoms with E-state index in [4.69, 9.17) is 21.3 Å². The van der Waals surface area contributed by atoms with Gasteiger partial charge in [0.05, 0.1) is 24.6 Å². The van der Waals surface area contributed by atoms with Gasteiger partial charge in [0.2, 0.25) is 0 Å². The summed E-state index contributed by atoms with van der Waals surface area (Å²) in [6.07, 6.45) is 4.42. The smallest absolute Gasteiger partial charge is 0.133 e. The molecule has 2 fully saturated rings. The average Bonchev–Trinajstić information content (AvgIpc) is 3.16. The van der Waals surface area contributed by atoms with Crippen LogP contribution in [-0.4, -0.2) is 29.7 Å². The van der Waals surface area contributed by atoms with Crippen molar-refractivity contribution < 1.29 is 4.74 Å². The van der Waals surface area contributed by atoms with Crippen LogP contribution in [0.5, 0.6) is 0 Å². The lowest BCUT2D eigenvalue weighted by Crippen LogP contribution is -2.27. The number of anilines is 2. The summed E-state index contributed by atoms with van der Waals surface area (Å²) < 4.78 is 5.29. The summed E-state index contributed by atoms with van der Waals surface area (Å²) in [6, 6.07) is 8.25. The number of hydrogen-bond donors (Lipinski definition) is 0. The molecule has 112 valence electrons. The molecule has 0 N–H and O–H groups in total. The van der Waals surface area contributed by atoms with E-state index in [1.807, 2.05) is 12.3 Å². The lowest BCUT2D eigenvalue weighted by molar-refractivity contribution is 0.00676. The molecule has 4 heterocycles. The molecule has 0 bridgehead atoms. The van der Waals surface area contributed by atoms with Crippen LogP contribution in [0.3, 0.4) is 0 Å². The zero-order valence-electron chi connectivity index (χ0n) is 12.1. The van der Waals surface area contributed by atoms with Gasteiger partial charge in [-0.1, -0.05) is 17.7 Å². The first-order chi connectivity index (χ1) is 10.8. The predicted molar refractivity (Wildman–Crippen MR) is 85.0 cm³/mol. The van der Waals surface area contributed by atoms with E-state index in [1.54, 1.807) is 0 Å². The molecule has 1 spiro atoms. The predicted octanol–water partition coefficient (Wildman–Crippen LogP) is 3.43. The second kappa shape index (κ2) is 4.43. The number of rotatable bonds is 2. The van der Waals surface area contributed by atoms with Gasteiger partial charge in [-0.25, -0.2) is 9.97 Å². The zero-order chi connectivity index (χ0) is 14.7. The highest BCUT2D eigenvalue weighted by atomic mass is 35.5. The van der Waals surface area contributed by atoms with Crippen molar-refractivity contribution in [1.82, 2.24) is 9.97 Å². The second-order valence-corrected chi connectivity index (χ2v) is 6.93. The molecule has 4 nitrogen and oxygen atoms in total. The van der Waals surface area contributed by atoms with E-state index in [0.29, 0.717) is 11.1 Å². The van der Waals surface area contributed by atoms with E-state index in [9.17, 15) is 0 Å². The first kappa shape index (κ1) is 12.9. The normalized spacial score (nSPS) is 21.8. The van der Waals surface area contributed by atoms with Crippen molar-refractivity contribution >= 4 is 23.1 Å². The van der Waals surface area contributed by atoms with E-state index in [1.165, 1.54) is 24.1 Å².